The molecule has 1 aliphatic carbocycles. The molecule has 0 fully saturated rings. The first-order valence-electron chi connectivity index (χ1n) is 11.7. The molecule has 0 saturated heterocycles. The molecular formula is C28H28N2O5. The van der Waals surface area contributed by atoms with Gasteiger partial charge in [-0.3, -0.25) is 9.59 Å². The Kier molecular flexibility index (Phi) is 7.45. The van der Waals surface area contributed by atoms with Crippen LogP contribution in [0, 0.1) is 0 Å². The van der Waals surface area contributed by atoms with Gasteiger partial charge in [0, 0.05) is 18.0 Å². The van der Waals surface area contributed by atoms with Crippen LogP contribution >= 0.6 is 0 Å². The van der Waals surface area contributed by atoms with Crippen LogP contribution in [0.2, 0.25) is 0 Å². The van der Waals surface area contributed by atoms with Crippen LogP contribution in [0.3, 0.4) is 0 Å². The minimum absolute atomic E-state index is 0.0559. The molecule has 3 aromatic carbocycles. The van der Waals surface area contributed by atoms with Gasteiger partial charge in [0.15, 0.2) is 0 Å². The minimum Gasteiger partial charge on any atom is -0.481 e. The maximum absolute atomic E-state index is 12.9. The number of fused-ring (bicyclic) bond motifs is 3. The summed E-state index contributed by atoms with van der Waals surface area (Å²) in [5.41, 5.74) is 5.97. The quantitative estimate of drug-likeness (QED) is 0.408. The summed E-state index contributed by atoms with van der Waals surface area (Å²) < 4.78 is 5.54. The Labute approximate surface area is 204 Å². The molecule has 0 heterocycles. The average Bonchev–Trinajstić information content (AvgIpc) is 3.19. The largest absolute Gasteiger partial charge is 0.481 e. The van der Waals surface area contributed by atoms with E-state index in [4.69, 9.17) is 9.84 Å². The number of hydrogen-bond donors (Lipinski definition) is 3. The standard InChI is InChI=1S/C28H28N2O5/c1-2-18-9-3-8-14-24(18)29-27(33)25(15-16-26(31)32)30-28(34)35-17-23-21-12-6-4-10-19(21)20-11-5-7-13-22(20)23/h3-14,23,25H,2,15-17H2,1H3,(H,29,33)(H,30,34)(H,31,32). The molecule has 3 N–H and O–H groups in total. The van der Waals surface area contributed by atoms with E-state index in [0.717, 1.165) is 34.2 Å². The lowest BCUT2D eigenvalue weighted by Gasteiger charge is -2.20. The van der Waals surface area contributed by atoms with Crippen molar-refractivity contribution in [3.63, 3.8) is 0 Å². The Balaban J connectivity index is 1.44. The second kappa shape index (κ2) is 10.9. The van der Waals surface area contributed by atoms with Crippen LogP contribution in [0.15, 0.2) is 72.8 Å². The molecule has 180 valence electrons. The van der Waals surface area contributed by atoms with Crippen molar-refractivity contribution in [2.24, 2.45) is 0 Å². The van der Waals surface area contributed by atoms with Crippen molar-refractivity contribution >= 4 is 23.7 Å². The number of hydrogen-bond acceptors (Lipinski definition) is 4. The zero-order valence-corrected chi connectivity index (χ0v) is 19.5. The van der Waals surface area contributed by atoms with E-state index < -0.39 is 24.0 Å². The molecule has 2 amide bonds. The Hall–Kier alpha value is -4.13. The molecule has 0 bridgehead atoms. The second-order valence-electron chi connectivity index (χ2n) is 8.45. The van der Waals surface area contributed by atoms with Crippen LogP contribution in [0.4, 0.5) is 10.5 Å². The summed E-state index contributed by atoms with van der Waals surface area (Å²) >= 11 is 0. The fourth-order valence-corrected chi connectivity index (χ4v) is 4.49. The second-order valence-corrected chi connectivity index (χ2v) is 8.45. The van der Waals surface area contributed by atoms with Crippen molar-refractivity contribution in [2.75, 3.05) is 11.9 Å². The smallest absolute Gasteiger partial charge is 0.407 e. The number of carbonyl (C=O) groups excluding carboxylic acids is 2. The van der Waals surface area contributed by atoms with Crippen molar-refractivity contribution < 1.29 is 24.2 Å². The normalized spacial score (nSPS) is 12.8. The van der Waals surface area contributed by atoms with E-state index in [2.05, 4.69) is 22.8 Å². The van der Waals surface area contributed by atoms with E-state index in [1.54, 1.807) is 12.1 Å². The predicted molar refractivity (Wildman–Crippen MR) is 133 cm³/mol. The van der Waals surface area contributed by atoms with E-state index in [1.807, 2.05) is 55.5 Å². The van der Waals surface area contributed by atoms with Crippen molar-refractivity contribution in [1.29, 1.82) is 0 Å². The number of ether oxygens (including phenoxy) is 1. The topological polar surface area (TPSA) is 105 Å². The number of nitrogens with one attached hydrogen (secondary N) is 2. The number of rotatable bonds is 9. The molecule has 7 nitrogen and oxygen atoms in total. The average molecular weight is 473 g/mol. The number of benzene rings is 3. The number of anilines is 1. The molecule has 3 aromatic rings. The van der Waals surface area contributed by atoms with Crippen LogP contribution in [0.5, 0.6) is 0 Å². The third-order valence-corrected chi connectivity index (χ3v) is 6.26. The fourth-order valence-electron chi connectivity index (χ4n) is 4.49. The Morgan fingerprint density at radius 1 is 0.914 bits per heavy atom. The van der Waals surface area contributed by atoms with Gasteiger partial charge < -0.3 is 20.5 Å². The molecule has 0 spiro atoms. The highest BCUT2D eigenvalue weighted by molar-refractivity contribution is 5.97. The SMILES string of the molecule is CCc1ccccc1NC(=O)C(CCC(=O)O)NC(=O)OCC1c2ccccc2-c2ccccc21. The molecular weight excluding hydrogens is 444 g/mol. The van der Waals surface area contributed by atoms with Crippen LogP contribution < -0.4 is 10.6 Å². The molecule has 0 saturated carbocycles. The van der Waals surface area contributed by atoms with Gasteiger partial charge in [-0.05, 0) is 46.7 Å². The number of para-hydroxylation sites is 1. The molecule has 1 aliphatic rings. The summed E-state index contributed by atoms with van der Waals surface area (Å²) in [5, 5.41) is 14.5. The lowest BCUT2D eigenvalue weighted by molar-refractivity contribution is -0.137. The number of carboxylic acids is 1. The van der Waals surface area contributed by atoms with E-state index in [0.29, 0.717) is 5.69 Å². The maximum atomic E-state index is 12.9. The van der Waals surface area contributed by atoms with Crippen molar-refractivity contribution in [1.82, 2.24) is 5.32 Å². The third-order valence-electron chi connectivity index (χ3n) is 6.26. The number of amides is 2. The summed E-state index contributed by atoms with van der Waals surface area (Å²) in [6.07, 6.45) is -0.367. The molecule has 0 radical (unpaired) electrons. The van der Waals surface area contributed by atoms with E-state index in [-0.39, 0.29) is 25.4 Å². The number of alkyl carbamates (subject to hydrolysis) is 1. The monoisotopic (exact) mass is 472 g/mol. The summed E-state index contributed by atoms with van der Waals surface area (Å²) in [7, 11) is 0. The first-order valence-corrected chi connectivity index (χ1v) is 11.7. The zero-order valence-electron chi connectivity index (χ0n) is 19.5. The molecule has 7 heteroatoms. The molecule has 1 atom stereocenters. The van der Waals surface area contributed by atoms with Gasteiger partial charge in [-0.1, -0.05) is 73.7 Å². The zero-order chi connectivity index (χ0) is 24.8. The van der Waals surface area contributed by atoms with E-state index in [9.17, 15) is 14.4 Å². The summed E-state index contributed by atoms with van der Waals surface area (Å²) in [4.78, 5) is 36.8. The minimum atomic E-state index is -1.05. The van der Waals surface area contributed by atoms with Crippen LogP contribution in [0.25, 0.3) is 11.1 Å². The van der Waals surface area contributed by atoms with Crippen molar-refractivity contribution in [2.45, 2.75) is 38.1 Å². The van der Waals surface area contributed by atoms with Crippen LogP contribution in [0.1, 0.15) is 42.4 Å². The highest BCUT2D eigenvalue weighted by Crippen LogP contribution is 2.44. The van der Waals surface area contributed by atoms with E-state index >= 15 is 0 Å². The van der Waals surface area contributed by atoms with Gasteiger partial charge in [0.05, 0.1) is 0 Å². The first-order chi connectivity index (χ1) is 17.0. The van der Waals surface area contributed by atoms with Crippen molar-refractivity contribution in [3.8, 4) is 11.1 Å². The fraction of sp³-hybridized carbons (Fsp3) is 0.250. The lowest BCUT2D eigenvalue weighted by atomic mass is 9.98. The number of aliphatic carboxylic acids is 1. The van der Waals surface area contributed by atoms with Gasteiger partial charge in [-0.2, -0.15) is 0 Å². The van der Waals surface area contributed by atoms with Crippen LogP contribution in [-0.4, -0.2) is 35.7 Å². The lowest BCUT2D eigenvalue weighted by Crippen LogP contribution is -2.44. The van der Waals surface area contributed by atoms with Gasteiger partial charge in [0.2, 0.25) is 5.91 Å². The summed E-state index contributed by atoms with van der Waals surface area (Å²) in [6.45, 7) is 2.08. The Morgan fingerprint density at radius 3 is 2.14 bits per heavy atom. The van der Waals surface area contributed by atoms with Crippen LogP contribution in [-0.2, 0) is 20.7 Å². The molecule has 35 heavy (non-hydrogen) atoms. The highest BCUT2D eigenvalue weighted by atomic mass is 16.5. The Morgan fingerprint density at radius 2 is 1.51 bits per heavy atom. The maximum Gasteiger partial charge on any atom is 0.407 e. The number of carbonyl (C=O) groups is 3. The third kappa shape index (κ3) is 5.51. The number of aryl methyl sites for hydroxylation is 1. The van der Waals surface area contributed by atoms with Gasteiger partial charge >= 0.3 is 12.1 Å². The van der Waals surface area contributed by atoms with Gasteiger partial charge in [-0.15, -0.1) is 0 Å². The summed E-state index contributed by atoms with van der Waals surface area (Å²) in [5.74, 6) is -1.65. The predicted octanol–water partition coefficient (Wildman–Crippen LogP) is 4.96. The molecule has 4 rings (SSSR count). The van der Waals surface area contributed by atoms with Gasteiger partial charge in [0.1, 0.15) is 12.6 Å². The first kappa shape index (κ1) is 24.0. The molecule has 1 unspecified atom stereocenters. The summed E-state index contributed by atoms with van der Waals surface area (Å²) in [6, 6.07) is 22.3. The molecule has 0 aromatic heterocycles. The highest BCUT2D eigenvalue weighted by Gasteiger charge is 2.30. The van der Waals surface area contributed by atoms with Gasteiger partial charge in [0.25, 0.3) is 0 Å². The van der Waals surface area contributed by atoms with Gasteiger partial charge in [-0.25, -0.2) is 4.79 Å². The number of carboxylic acid groups (broad SMARTS) is 1. The Bertz CT molecular complexity index is 1190. The van der Waals surface area contributed by atoms with E-state index in [1.165, 1.54) is 0 Å². The van der Waals surface area contributed by atoms with Crippen molar-refractivity contribution in [3.05, 3.63) is 89.5 Å². The molecule has 0 aliphatic heterocycles.